The fourth-order valence-electron chi connectivity index (χ4n) is 1.70. The van der Waals surface area contributed by atoms with Crippen molar-refractivity contribution < 1.29 is 9.18 Å². The second-order valence-electron chi connectivity index (χ2n) is 3.68. The number of hydrogen-bond acceptors (Lipinski definition) is 1. The molecule has 1 aromatic carbocycles. The number of rotatable bonds is 2. The zero-order chi connectivity index (χ0) is 10.8. The molecule has 2 rings (SSSR count). The normalized spacial score (nSPS) is 15.6. The zero-order valence-corrected chi connectivity index (χ0v) is 9.68. The highest BCUT2D eigenvalue weighted by atomic mass is 79.9. The van der Waals surface area contributed by atoms with Crippen molar-refractivity contribution in [3.63, 3.8) is 0 Å². The molecule has 3 heteroatoms. The first-order valence-corrected chi connectivity index (χ1v) is 5.60. The van der Waals surface area contributed by atoms with E-state index in [4.69, 9.17) is 0 Å². The predicted octanol–water partition coefficient (Wildman–Crippen LogP) is 3.42. The minimum Gasteiger partial charge on any atom is -0.295 e. The third-order valence-electron chi connectivity index (χ3n) is 2.49. The Hall–Kier alpha value is -0.960. The van der Waals surface area contributed by atoms with E-state index in [1.807, 2.05) is 6.07 Å². The monoisotopic (exact) mass is 268 g/mol. The topological polar surface area (TPSA) is 17.1 Å². The molecule has 15 heavy (non-hydrogen) atoms. The summed E-state index contributed by atoms with van der Waals surface area (Å²) in [5.74, 6) is -0.0628. The van der Waals surface area contributed by atoms with E-state index in [1.54, 1.807) is 12.1 Å². The highest BCUT2D eigenvalue weighted by molar-refractivity contribution is 9.10. The van der Waals surface area contributed by atoms with Crippen molar-refractivity contribution in [2.24, 2.45) is 0 Å². The van der Waals surface area contributed by atoms with Gasteiger partial charge in [-0.3, -0.25) is 4.79 Å². The summed E-state index contributed by atoms with van der Waals surface area (Å²) in [7, 11) is 0. The summed E-state index contributed by atoms with van der Waals surface area (Å²) in [6, 6.07) is 5.02. The fourth-order valence-corrected chi connectivity index (χ4v) is 2.04. The van der Waals surface area contributed by atoms with Gasteiger partial charge in [0.05, 0.1) is 0 Å². The van der Waals surface area contributed by atoms with Gasteiger partial charge in [-0.25, -0.2) is 4.39 Å². The van der Waals surface area contributed by atoms with Crippen LogP contribution in [-0.4, -0.2) is 5.78 Å². The average Bonchev–Trinajstić information content (AvgIpc) is 2.56. The van der Waals surface area contributed by atoms with Crippen molar-refractivity contribution in [2.75, 3.05) is 0 Å². The van der Waals surface area contributed by atoms with Gasteiger partial charge in [0, 0.05) is 10.9 Å². The molecule has 0 radical (unpaired) electrons. The summed E-state index contributed by atoms with van der Waals surface area (Å²) in [5.41, 5.74) is 1.68. The van der Waals surface area contributed by atoms with Crippen LogP contribution >= 0.6 is 15.9 Å². The maximum absolute atomic E-state index is 13.5. The molecule has 0 unspecified atom stereocenters. The second kappa shape index (κ2) is 4.27. The lowest BCUT2D eigenvalue weighted by atomic mass is 10.0. The van der Waals surface area contributed by atoms with Gasteiger partial charge >= 0.3 is 0 Å². The van der Waals surface area contributed by atoms with E-state index >= 15 is 0 Å². The van der Waals surface area contributed by atoms with Crippen LogP contribution in [0.2, 0.25) is 0 Å². The molecule has 0 heterocycles. The van der Waals surface area contributed by atoms with Crippen molar-refractivity contribution >= 4 is 21.7 Å². The molecule has 0 saturated carbocycles. The number of allylic oxidation sites excluding steroid dienone is 2. The molecule has 1 nitrogen and oxygen atoms in total. The van der Waals surface area contributed by atoms with Gasteiger partial charge in [-0.15, -0.1) is 0 Å². The molecule has 0 N–H and O–H groups in total. The van der Waals surface area contributed by atoms with Gasteiger partial charge in [-0.05, 0) is 36.6 Å². The van der Waals surface area contributed by atoms with Crippen LogP contribution in [0.4, 0.5) is 4.39 Å². The largest absolute Gasteiger partial charge is 0.295 e. The molecule has 0 aliphatic heterocycles. The Morgan fingerprint density at radius 1 is 1.33 bits per heavy atom. The minimum atomic E-state index is -0.218. The quantitative estimate of drug-likeness (QED) is 0.804. The third-order valence-corrected chi connectivity index (χ3v) is 2.98. The third kappa shape index (κ3) is 2.53. The predicted molar refractivity (Wildman–Crippen MR) is 60.1 cm³/mol. The molecule has 0 spiro atoms. The van der Waals surface area contributed by atoms with Crippen LogP contribution in [-0.2, 0) is 11.2 Å². The van der Waals surface area contributed by atoms with Gasteiger partial charge in [-0.1, -0.05) is 27.6 Å². The molecule has 0 aromatic heterocycles. The Morgan fingerprint density at radius 3 is 2.73 bits per heavy atom. The number of hydrogen-bond donors (Lipinski definition) is 0. The van der Waals surface area contributed by atoms with Crippen molar-refractivity contribution in [3.05, 3.63) is 45.7 Å². The van der Waals surface area contributed by atoms with Crippen molar-refractivity contribution in [1.29, 1.82) is 0 Å². The first kappa shape index (κ1) is 10.6. The van der Waals surface area contributed by atoms with E-state index < -0.39 is 0 Å². The van der Waals surface area contributed by atoms with Crippen LogP contribution in [0.1, 0.15) is 18.4 Å². The maximum Gasteiger partial charge on any atom is 0.155 e. The SMILES string of the molecule is O=C1C=C(Cc2ccc(Br)cc2F)CC1. The smallest absolute Gasteiger partial charge is 0.155 e. The number of benzene rings is 1. The fraction of sp³-hybridized carbons (Fsp3) is 0.250. The lowest BCUT2D eigenvalue weighted by molar-refractivity contribution is -0.114. The number of halogens is 2. The van der Waals surface area contributed by atoms with Gasteiger partial charge in [0.1, 0.15) is 5.82 Å². The summed E-state index contributed by atoms with van der Waals surface area (Å²) >= 11 is 3.21. The Bertz CT molecular complexity index is 437. The number of carbonyl (C=O) groups is 1. The van der Waals surface area contributed by atoms with E-state index in [2.05, 4.69) is 15.9 Å². The van der Waals surface area contributed by atoms with E-state index in [0.29, 0.717) is 18.4 Å². The number of carbonyl (C=O) groups excluding carboxylic acids is 1. The molecule has 0 fully saturated rings. The first-order chi connectivity index (χ1) is 7.15. The molecule has 78 valence electrons. The molecule has 0 amide bonds. The van der Waals surface area contributed by atoms with E-state index in [1.165, 1.54) is 6.07 Å². The Kier molecular flexibility index (Phi) is 3.00. The summed E-state index contributed by atoms with van der Waals surface area (Å²) in [6.45, 7) is 0. The van der Waals surface area contributed by atoms with Crippen LogP contribution in [0.3, 0.4) is 0 Å². The van der Waals surface area contributed by atoms with Gasteiger partial charge in [0.25, 0.3) is 0 Å². The molecular formula is C12H10BrFO. The van der Waals surface area contributed by atoms with Crippen molar-refractivity contribution in [2.45, 2.75) is 19.3 Å². The van der Waals surface area contributed by atoms with Crippen molar-refractivity contribution in [3.8, 4) is 0 Å². The Balaban J connectivity index is 2.18. The average molecular weight is 269 g/mol. The minimum absolute atomic E-state index is 0.155. The van der Waals surface area contributed by atoms with Crippen LogP contribution in [0.15, 0.2) is 34.3 Å². The number of ketones is 1. The molecule has 0 bridgehead atoms. The molecule has 0 atom stereocenters. The molecular weight excluding hydrogens is 259 g/mol. The highest BCUT2D eigenvalue weighted by Crippen LogP contribution is 2.22. The molecule has 0 saturated heterocycles. The van der Waals surface area contributed by atoms with Gasteiger partial charge in [0.2, 0.25) is 0 Å². The van der Waals surface area contributed by atoms with Crippen molar-refractivity contribution in [1.82, 2.24) is 0 Å². The summed E-state index contributed by atoms with van der Waals surface area (Å²) in [4.78, 5) is 11.0. The van der Waals surface area contributed by atoms with Gasteiger partial charge in [0.15, 0.2) is 5.78 Å². The molecule has 1 aliphatic rings. The summed E-state index contributed by atoms with van der Waals surface area (Å²) in [6.07, 6.45) is 3.54. The first-order valence-electron chi connectivity index (χ1n) is 4.81. The van der Waals surface area contributed by atoms with E-state index in [0.717, 1.165) is 16.5 Å². The lowest BCUT2D eigenvalue weighted by Crippen LogP contribution is -1.92. The van der Waals surface area contributed by atoms with Gasteiger partial charge in [-0.2, -0.15) is 0 Å². The van der Waals surface area contributed by atoms with Gasteiger partial charge < -0.3 is 0 Å². The zero-order valence-electron chi connectivity index (χ0n) is 8.09. The van der Waals surface area contributed by atoms with Crippen LogP contribution in [0.25, 0.3) is 0 Å². The van der Waals surface area contributed by atoms with E-state index in [-0.39, 0.29) is 11.6 Å². The summed E-state index contributed by atoms with van der Waals surface area (Å²) < 4.78 is 14.2. The lowest BCUT2D eigenvalue weighted by Gasteiger charge is -2.03. The standard InChI is InChI=1S/C12H10BrFO/c13-10-3-2-9(12(14)7-10)5-8-1-4-11(15)6-8/h2-3,6-7H,1,4-5H2. The Labute approximate surface area is 96.1 Å². The van der Waals surface area contributed by atoms with Crippen LogP contribution in [0.5, 0.6) is 0 Å². The Morgan fingerprint density at radius 2 is 2.13 bits per heavy atom. The highest BCUT2D eigenvalue weighted by Gasteiger charge is 2.13. The maximum atomic E-state index is 13.5. The van der Waals surface area contributed by atoms with E-state index in [9.17, 15) is 9.18 Å². The summed E-state index contributed by atoms with van der Waals surface area (Å²) in [5, 5.41) is 0. The second-order valence-corrected chi connectivity index (χ2v) is 4.60. The molecule has 1 aliphatic carbocycles. The molecule has 1 aromatic rings. The van der Waals surface area contributed by atoms with Crippen LogP contribution in [0, 0.1) is 5.82 Å². The van der Waals surface area contributed by atoms with Crippen LogP contribution < -0.4 is 0 Å².